The maximum atomic E-state index is 12.7. The minimum absolute atomic E-state index is 0.00788. The Morgan fingerprint density at radius 1 is 1.15 bits per heavy atom. The molecule has 2 amide bonds. The molecule has 0 aromatic heterocycles. The fourth-order valence-electron chi connectivity index (χ4n) is 4.62. The third-order valence-electron chi connectivity index (χ3n) is 6.33. The minimum Gasteiger partial charge on any atom is -0.484 e. The van der Waals surface area contributed by atoms with Gasteiger partial charge in [-0.3, -0.25) is 9.59 Å². The molecule has 4 rings (SSSR count). The number of benzene rings is 1. The number of carbonyl (C=O) groups excluding carboxylic acids is 2. The van der Waals surface area contributed by atoms with Crippen molar-refractivity contribution in [3.63, 3.8) is 0 Å². The molecule has 1 aromatic rings. The number of nitrogens with one attached hydrogen (secondary N) is 2. The number of carbonyl (C=O) groups is 2. The van der Waals surface area contributed by atoms with Gasteiger partial charge in [-0.15, -0.1) is 0 Å². The summed E-state index contributed by atoms with van der Waals surface area (Å²) in [5.41, 5.74) is 7.29. The van der Waals surface area contributed by atoms with Crippen molar-refractivity contribution in [2.24, 2.45) is 23.5 Å². The van der Waals surface area contributed by atoms with E-state index in [0.29, 0.717) is 23.6 Å². The van der Waals surface area contributed by atoms with Crippen molar-refractivity contribution >= 4 is 11.8 Å². The van der Waals surface area contributed by atoms with E-state index in [-0.39, 0.29) is 36.4 Å². The van der Waals surface area contributed by atoms with Gasteiger partial charge in [-0.2, -0.15) is 0 Å². The molecule has 0 saturated heterocycles. The predicted octanol–water partition coefficient (Wildman–Crippen LogP) is 1.89. The van der Waals surface area contributed by atoms with E-state index in [0.717, 1.165) is 31.2 Å². The monoisotopic (exact) mass is 371 g/mol. The molecule has 146 valence electrons. The normalized spacial score (nSPS) is 30.0. The highest BCUT2D eigenvalue weighted by atomic mass is 16.5. The molecule has 6 heteroatoms. The van der Waals surface area contributed by atoms with Gasteiger partial charge in [-0.25, -0.2) is 0 Å². The first-order valence-corrected chi connectivity index (χ1v) is 10.1. The Kier molecular flexibility index (Phi) is 5.08. The third-order valence-corrected chi connectivity index (χ3v) is 6.33. The molecule has 0 aliphatic heterocycles. The van der Waals surface area contributed by atoms with Crippen LogP contribution in [0.5, 0.6) is 5.75 Å². The van der Waals surface area contributed by atoms with E-state index in [4.69, 9.17) is 10.5 Å². The van der Waals surface area contributed by atoms with Crippen molar-refractivity contribution < 1.29 is 14.3 Å². The quantitative estimate of drug-likeness (QED) is 0.682. The van der Waals surface area contributed by atoms with Crippen molar-refractivity contribution in [1.82, 2.24) is 10.6 Å². The molecule has 0 radical (unpaired) electrons. The van der Waals surface area contributed by atoms with E-state index in [2.05, 4.69) is 10.6 Å². The summed E-state index contributed by atoms with van der Waals surface area (Å²) in [6, 6.07) is 7.80. The molecule has 2 bridgehead atoms. The van der Waals surface area contributed by atoms with Crippen LogP contribution in [-0.4, -0.2) is 30.5 Å². The first-order valence-electron chi connectivity index (χ1n) is 10.1. The van der Waals surface area contributed by atoms with Gasteiger partial charge < -0.3 is 21.1 Å². The number of rotatable bonds is 7. The smallest absolute Gasteiger partial charge is 0.258 e. The highest BCUT2D eigenvalue weighted by Crippen LogP contribution is 2.47. The van der Waals surface area contributed by atoms with Gasteiger partial charge in [-0.1, -0.05) is 12.1 Å². The van der Waals surface area contributed by atoms with Crippen LogP contribution in [0.25, 0.3) is 0 Å². The summed E-state index contributed by atoms with van der Waals surface area (Å²) >= 11 is 0. The summed E-state index contributed by atoms with van der Waals surface area (Å²) in [4.78, 5) is 24.4. The summed E-state index contributed by atoms with van der Waals surface area (Å²) < 4.78 is 5.53. The Morgan fingerprint density at radius 2 is 1.85 bits per heavy atom. The number of hydrogen-bond donors (Lipinski definition) is 3. The summed E-state index contributed by atoms with van der Waals surface area (Å²) in [6.07, 6.45) is 5.54. The lowest BCUT2D eigenvalue weighted by atomic mass is 9.84. The standard InChI is InChI=1S/C21H29N3O3/c1-12(23-21(26)19-14-2-3-15(10-14)20(19)22)13-4-8-17(9-5-13)27-11-18(25)24-16-6-7-16/h4-5,8-9,12,14-16,19-20H,2-3,6-7,10-11,22H2,1H3,(H,23,26)(H,24,25). The summed E-state index contributed by atoms with van der Waals surface area (Å²) in [6.45, 7) is 2.01. The first kappa shape index (κ1) is 18.3. The Labute approximate surface area is 160 Å². The van der Waals surface area contributed by atoms with Crippen LogP contribution in [0.2, 0.25) is 0 Å². The van der Waals surface area contributed by atoms with Gasteiger partial charge >= 0.3 is 0 Å². The number of hydrogen-bond acceptors (Lipinski definition) is 4. The van der Waals surface area contributed by atoms with E-state index in [9.17, 15) is 9.59 Å². The zero-order valence-corrected chi connectivity index (χ0v) is 15.8. The van der Waals surface area contributed by atoms with Gasteiger partial charge in [0.15, 0.2) is 6.61 Å². The van der Waals surface area contributed by atoms with E-state index in [1.54, 1.807) is 0 Å². The van der Waals surface area contributed by atoms with Crippen LogP contribution < -0.4 is 21.1 Å². The van der Waals surface area contributed by atoms with Crippen LogP contribution >= 0.6 is 0 Å². The van der Waals surface area contributed by atoms with Gasteiger partial charge in [0.05, 0.1) is 12.0 Å². The van der Waals surface area contributed by atoms with E-state index in [1.165, 1.54) is 6.42 Å². The molecule has 3 aliphatic rings. The third kappa shape index (κ3) is 4.10. The zero-order valence-electron chi connectivity index (χ0n) is 15.8. The molecule has 5 unspecified atom stereocenters. The fraction of sp³-hybridized carbons (Fsp3) is 0.619. The van der Waals surface area contributed by atoms with Crippen LogP contribution in [0, 0.1) is 17.8 Å². The molecule has 0 spiro atoms. The van der Waals surface area contributed by atoms with E-state index in [1.807, 2.05) is 31.2 Å². The molecular weight excluding hydrogens is 342 g/mol. The van der Waals surface area contributed by atoms with E-state index >= 15 is 0 Å². The second-order valence-electron chi connectivity index (χ2n) is 8.37. The molecule has 4 N–H and O–H groups in total. The van der Waals surface area contributed by atoms with Crippen molar-refractivity contribution in [2.75, 3.05) is 6.61 Å². The minimum atomic E-state index is -0.0870. The molecule has 27 heavy (non-hydrogen) atoms. The lowest BCUT2D eigenvalue weighted by Gasteiger charge is -2.28. The highest BCUT2D eigenvalue weighted by Gasteiger charge is 2.49. The highest BCUT2D eigenvalue weighted by molar-refractivity contribution is 5.81. The molecule has 1 aromatic carbocycles. The Hall–Kier alpha value is -2.08. The fourth-order valence-corrected chi connectivity index (χ4v) is 4.62. The molecule has 6 nitrogen and oxygen atoms in total. The van der Waals surface area contributed by atoms with Crippen LogP contribution in [0.3, 0.4) is 0 Å². The van der Waals surface area contributed by atoms with Crippen molar-refractivity contribution in [3.8, 4) is 5.75 Å². The maximum Gasteiger partial charge on any atom is 0.258 e. The summed E-state index contributed by atoms with van der Waals surface area (Å²) in [5.74, 6) is 1.59. The van der Waals surface area contributed by atoms with Crippen LogP contribution in [0.1, 0.15) is 50.6 Å². The largest absolute Gasteiger partial charge is 0.484 e. The number of nitrogens with two attached hydrogens (primary N) is 1. The lowest BCUT2D eigenvalue weighted by molar-refractivity contribution is -0.127. The van der Waals surface area contributed by atoms with Gasteiger partial charge in [0.2, 0.25) is 5.91 Å². The molecule has 3 saturated carbocycles. The van der Waals surface area contributed by atoms with Gasteiger partial charge in [0.25, 0.3) is 5.91 Å². The topological polar surface area (TPSA) is 93.5 Å². The number of ether oxygens (including phenoxy) is 1. The van der Waals surface area contributed by atoms with Gasteiger partial charge in [0.1, 0.15) is 5.75 Å². The lowest BCUT2D eigenvalue weighted by Crippen LogP contribution is -2.45. The van der Waals surface area contributed by atoms with Crippen LogP contribution in [0.15, 0.2) is 24.3 Å². The SMILES string of the molecule is CC(NC(=O)C1C2CCC(C2)C1N)c1ccc(OCC(=O)NC2CC2)cc1. The van der Waals surface area contributed by atoms with Crippen LogP contribution in [0.4, 0.5) is 0 Å². The summed E-state index contributed by atoms with van der Waals surface area (Å²) in [5, 5.41) is 6.02. The van der Waals surface area contributed by atoms with Gasteiger partial charge in [0, 0.05) is 12.1 Å². The number of fused-ring (bicyclic) bond motifs is 2. The molecule has 5 atom stereocenters. The second-order valence-corrected chi connectivity index (χ2v) is 8.37. The van der Waals surface area contributed by atoms with Crippen molar-refractivity contribution in [2.45, 2.75) is 57.2 Å². The maximum absolute atomic E-state index is 12.7. The molecule has 0 heterocycles. The predicted molar refractivity (Wildman–Crippen MR) is 102 cm³/mol. The average Bonchev–Trinajstić information content (AvgIpc) is 3.24. The first-order chi connectivity index (χ1) is 13.0. The summed E-state index contributed by atoms with van der Waals surface area (Å²) in [7, 11) is 0. The average molecular weight is 371 g/mol. The molecule has 3 fully saturated rings. The van der Waals surface area contributed by atoms with Crippen LogP contribution in [-0.2, 0) is 9.59 Å². The zero-order chi connectivity index (χ0) is 19.0. The molecule has 3 aliphatic carbocycles. The Morgan fingerprint density at radius 3 is 2.48 bits per heavy atom. The Balaban J connectivity index is 1.27. The second kappa shape index (κ2) is 7.50. The van der Waals surface area contributed by atoms with E-state index < -0.39 is 0 Å². The van der Waals surface area contributed by atoms with Crippen molar-refractivity contribution in [3.05, 3.63) is 29.8 Å². The molecular formula is C21H29N3O3. The van der Waals surface area contributed by atoms with Crippen molar-refractivity contribution in [1.29, 1.82) is 0 Å². The number of amides is 2. The van der Waals surface area contributed by atoms with Gasteiger partial charge in [-0.05, 0) is 68.6 Å². The Bertz CT molecular complexity index is 699.